The molecule has 32 heavy (non-hydrogen) atoms. The fraction of sp³-hybridized carbons (Fsp3) is 0.304. The van der Waals surface area contributed by atoms with Gasteiger partial charge in [-0.25, -0.2) is 0 Å². The van der Waals surface area contributed by atoms with Crippen LogP contribution >= 0.6 is 11.6 Å². The summed E-state index contributed by atoms with van der Waals surface area (Å²) in [4.78, 5) is 25.7. The molecule has 1 N–H and O–H groups in total. The van der Waals surface area contributed by atoms with Crippen LogP contribution in [-0.4, -0.2) is 30.0 Å². The van der Waals surface area contributed by atoms with Gasteiger partial charge in [0.2, 0.25) is 5.91 Å². The van der Waals surface area contributed by atoms with Gasteiger partial charge < -0.3 is 10.1 Å². The van der Waals surface area contributed by atoms with E-state index in [-0.39, 0.29) is 22.9 Å². The van der Waals surface area contributed by atoms with Gasteiger partial charge in [-0.3, -0.25) is 14.2 Å². The molecule has 0 atom stereocenters. The Morgan fingerprint density at radius 1 is 1.16 bits per heavy atom. The molecule has 0 spiro atoms. The first-order valence-corrected chi connectivity index (χ1v) is 10.3. The Hall–Kier alpha value is -3.00. The molecule has 0 fully saturated rings. The Balaban J connectivity index is 2.13. The lowest BCUT2D eigenvalue weighted by molar-refractivity contribution is -0.137. The van der Waals surface area contributed by atoms with Gasteiger partial charge in [-0.15, -0.1) is 0 Å². The van der Waals surface area contributed by atoms with Gasteiger partial charge in [0.15, 0.2) is 0 Å². The molecule has 0 unspecified atom stereocenters. The van der Waals surface area contributed by atoms with Crippen molar-refractivity contribution in [2.75, 3.05) is 13.7 Å². The highest BCUT2D eigenvalue weighted by molar-refractivity contribution is 6.33. The molecule has 0 aliphatic carbocycles. The molecule has 0 aliphatic heterocycles. The Morgan fingerprint density at radius 3 is 2.38 bits per heavy atom. The van der Waals surface area contributed by atoms with Crippen LogP contribution in [0.1, 0.15) is 40.5 Å². The van der Waals surface area contributed by atoms with Crippen LogP contribution in [0.15, 0.2) is 36.4 Å². The van der Waals surface area contributed by atoms with E-state index in [1.807, 2.05) is 6.92 Å². The number of nitrogens with zero attached hydrogens (tertiary/aromatic N) is 1. The van der Waals surface area contributed by atoms with E-state index >= 15 is 0 Å². The van der Waals surface area contributed by atoms with Crippen molar-refractivity contribution in [3.63, 3.8) is 0 Å². The van der Waals surface area contributed by atoms with Crippen molar-refractivity contribution in [2.24, 2.45) is 0 Å². The Kier molecular flexibility index (Phi) is 6.83. The molecule has 5 nitrogen and oxygen atoms in total. The molecule has 0 aliphatic rings. The quantitative estimate of drug-likeness (QED) is 0.530. The highest BCUT2D eigenvalue weighted by Gasteiger charge is 2.30. The lowest BCUT2D eigenvalue weighted by Crippen LogP contribution is -2.26. The van der Waals surface area contributed by atoms with E-state index in [9.17, 15) is 22.8 Å². The van der Waals surface area contributed by atoms with Gasteiger partial charge in [-0.2, -0.15) is 13.2 Å². The van der Waals surface area contributed by atoms with Gasteiger partial charge in [0, 0.05) is 23.2 Å². The Morgan fingerprint density at radius 2 is 1.81 bits per heavy atom. The van der Waals surface area contributed by atoms with Crippen LogP contribution in [0.2, 0.25) is 5.02 Å². The summed E-state index contributed by atoms with van der Waals surface area (Å²) in [6.45, 7) is 4.15. The molecule has 3 aromatic rings. The maximum atomic E-state index is 13.3. The zero-order chi connectivity index (χ0) is 23.6. The van der Waals surface area contributed by atoms with Crippen LogP contribution < -0.4 is 10.1 Å². The molecule has 1 amide bonds. The van der Waals surface area contributed by atoms with Crippen molar-refractivity contribution in [2.45, 2.75) is 32.9 Å². The van der Waals surface area contributed by atoms with Gasteiger partial charge in [0.25, 0.3) is 5.91 Å². The van der Waals surface area contributed by atoms with Gasteiger partial charge in [-0.05, 0) is 55.3 Å². The van der Waals surface area contributed by atoms with Crippen molar-refractivity contribution < 1.29 is 27.5 Å². The predicted molar refractivity (Wildman–Crippen MR) is 116 cm³/mol. The molecule has 1 heterocycles. The number of ether oxygens (including phenoxy) is 1. The van der Waals surface area contributed by atoms with Gasteiger partial charge in [-0.1, -0.05) is 18.5 Å². The normalized spacial score (nSPS) is 11.6. The SMILES string of the molecule is CCCNC(=O)Cc1c(C)n(C(=O)c2ccc(C(F)(F)F)cc2)c2cc(Cl)c(OC)cc12. The number of carbonyl (C=O) groups excluding carboxylic acids is 2. The fourth-order valence-electron chi connectivity index (χ4n) is 3.54. The molecule has 0 bridgehead atoms. The molecule has 9 heteroatoms. The zero-order valence-electron chi connectivity index (χ0n) is 17.8. The predicted octanol–water partition coefficient (Wildman–Crippen LogP) is 5.39. The first-order chi connectivity index (χ1) is 15.1. The summed E-state index contributed by atoms with van der Waals surface area (Å²) in [5.74, 6) is -0.346. The van der Waals surface area contributed by atoms with Crippen molar-refractivity contribution in [1.82, 2.24) is 9.88 Å². The molecule has 2 aromatic carbocycles. The number of nitrogens with one attached hydrogen (secondary N) is 1. The van der Waals surface area contributed by atoms with Crippen molar-refractivity contribution >= 4 is 34.3 Å². The molecule has 3 rings (SSSR count). The number of rotatable bonds is 6. The average Bonchev–Trinajstić information content (AvgIpc) is 3.00. The number of amides is 1. The van der Waals surface area contributed by atoms with Crippen LogP contribution in [0.3, 0.4) is 0 Å². The van der Waals surface area contributed by atoms with Crippen molar-refractivity contribution in [3.8, 4) is 5.75 Å². The van der Waals surface area contributed by atoms with Crippen molar-refractivity contribution in [3.05, 3.63) is 63.8 Å². The fourth-order valence-corrected chi connectivity index (χ4v) is 3.77. The number of alkyl halides is 3. The lowest BCUT2D eigenvalue weighted by Gasteiger charge is -2.10. The number of aromatic nitrogens is 1. The van der Waals surface area contributed by atoms with E-state index in [0.29, 0.717) is 34.5 Å². The summed E-state index contributed by atoms with van der Waals surface area (Å²) in [5, 5.41) is 3.68. The Labute approximate surface area is 188 Å². The maximum Gasteiger partial charge on any atom is 0.416 e. The number of methoxy groups -OCH3 is 1. The minimum atomic E-state index is -4.50. The van der Waals surface area contributed by atoms with E-state index in [4.69, 9.17) is 16.3 Å². The number of hydrogen-bond acceptors (Lipinski definition) is 3. The van der Waals surface area contributed by atoms with E-state index in [2.05, 4.69) is 5.32 Å². The highest BCUT2D eigenvalue weighted by Crippen LogP contribution is 2.36. The smallest absolute Gasteiger partial charge is 0.416 e. The number of hydrogen-bond donors (Lipinski definition) is 1. The van der Waals surface area contributed by atoms with Crippen LogP contribution in [0, 0.1) is 6.92 Å². The molecule has 0 radical (unpaired) electrons. The minimum Gasteiger partial charge on any atom is -0.495 e. The molecule has 0 saturated heterocycles. The number of benzene rings is 2. The second kappa shape index (κ2) is 9.24. The summed E-state index contributed by atoms with van der Waals surface area (Å²) in [5.41, 5.74) is 0.789. The summed E-state index contributed by atoms with van der Waals surface area (Å²) in [7, 11) is 1.46. The summed E-state index contributed by atoms with van der Waals surface area (Å²) < 4.78 is 45.3. The average molecular weight is 467 g/mol. The maximum absolute atomic E-state index is 13.3. The second-order valence-corrected chi connectivity index (χ2v) is 7.72. The van der Waals surface area contributed by atoms with Crippen LogP contribution in [-0.2, 0) is 17.4 Å². The second-order valence-electron chi connectivity index (χ2n) is 7.31. The van der Waals surface area contributed by atoms with Crippen LogP contribution in [0.4, 0.5) is 13.2 Å². The van der Waals surface area contributed by atoms with E-state index in [1.165, 1.54) is 11.7 Å². The molecular formula is C23H22ClF3N2O3. The summed E-state index contributed by atoms with van der Waals surface area (Å²) in [6.07, 6.45) is -3.69. The molecular weight excluding hydrogens is 445 g/mol. The van der Waals surface area contributed by atoms with Crippen LogP contribution in [0.5, 0.6) is 5.75 Å². The third kappa shape index (κ3) is 4.60. The van der Waals surface area contributed by atoms with Crippen LogP contribution in [0.25, 0.3) is 10.9 Å². The molecule has 170 valence electrons. The standard InChI is InChI=1S/C23H22ClF3N2O3/c1-4-9-28-21(30)11-16-13(2)29(19-12-18(24)20(32-3)10-17(16)19)22(31)14-5-7-15(8-6-14)23(25,26)27/h5-8,10,12H,4,9,11H2,1-3H3,(H,28,30). The summed E-state index contributed by atoms with van der Waals surface area (Å²) >= 11 is 6.28. The number of fused-ring (bicyclic) bond motifs is 1. The Bertz CT molecular complexity index is 1170. The van der Waals surface area contributed by atoms with E-state index in [0.717, 1.165) is 30.7 Å². The van der Waals surface area contributed by atoms with Crippen molar-refractivity contribution in [1.29, 1.82) is 0 Å². The van der Waals surface area contributed by atoms with Gasteiger partial charge >= 0.3 is 6.18 Å². The third-order valence-corrected chi connectivity index (χ3v) is 5.48. The largest absolute Gasteiger partial charge is 0.495 e. The summed E-state index contributed by atoms with van der Waals surface area (Å²) in [6, 6.07) is 7.21. The first kappa shape index (κ1) is 23.7. The first-order valence-electron chi connectivity index (χ1n) is 9.94. The minimum absolute atomic E-state index is 0.0282. The monoisotopic (exact) mass is 466 g/mol. The lowest BCUT2D eigenvalue weighted by atomic mass is 10.1. The number of carbonyl (C=O) groups is 2. The highest BCUT2D eigenvalue weighted by atomic mass is 35.5. The third-order valence-electron chi connectivity index (χ3n) is 5.18. The topological polar surface area (TPSA) is 60.3 Å². The van der Waals surface area contributed by atoms with E-state index in [1.54, 1.807) is 19.1 Å². The molecule has 0 saturated carbocycles. The van der Waals surface area contributed by atoms with Gasteiger partial charge in [0.05, 0.1) is 29.6 Å². The van der Waals surface area contributed by atoms with Gasteiger partial charge in [0.1, 0.15) is 5.75 Å². The number of halogens is 4. The molecule has 1 aromatic heterocycles. The zero-order valence-corrected chi connectivity index (χ0v) is 18.5. The van der Waals surface area contributed by atoms with E-state index < -0.39 is 17.6 Å².